The van der Waals surface area contributed by atoms with Crippen LogP contribution in [-0.4, -0.2) is 42.3 Å². The first kappa shape index (κ1) is 28.4. The van der Waals surface area contributed by atoms with E-state index < -0.39 is 0 Å². The summed E-state index contributed by atoms with van der Waals surface area (Å²) in [6.07, 6.45) is 4.04. The molecule has 7 nitrogen and oxygen atoms in total. The molecule has 5 rings (SSSR count). The molecule has 2 aliphatic heterocycles. The summed E-state index contributed by atoms with van der Waals surface area (Å²) >= 11 is 19.6. The summed E-state index contributed by atoms with van der Waals surface area (Å²) in [5.41, 5.74) is 6.24. The monoisotopic (exact) mass is 595 g/mol. The molecule has 0 saturated carbocycles. The zero-order valence-corrected chi connectivity index (χ0v) is 25.3. The maximum atomic E-state index is 12.1. The van der Waals surface area contributed by atoms with Gasteiger partial charge in [0.15, 0.2) is 5.11 Å². The number of carbonyl (C=O) groups is 1. The minimum absolute atomic E-state index is 0.0664. The number of halogens is 2. The van der Waals surface area contributed by atoms with Crippen LogP contribution in [0.4, 0.5) is 17.1 Å². The number of benzene rings is 2. The lowest BCUT2D eigenvalue weighted by molar-refractivity contribution is -0.119. The minimum Gasteiger partial charge on any atom is -0.375 e. The molecule has 1 saturated heterocycles. The molecular formula is C30H31Cl2N5O2S. The molecule has 0 aliphatic carbocycles. The number of nitrogens with zero attached hydrogens (tertiary/aromatic N) is 3. The van der Waals surface area contributed by atoms with Crippen LogP contribution in [0.3, 0.4) is 0 Å². The number of ether oxygens (including phenoxy) is 1. The number of methoxy groups -OCH3 is 1. The average molecular weight is 597 g/mol. The van der Waals surface area contributed by atoms with Gasteiger partial charge in [-0.2, -0.15) is 0 Å². The van der Waals surface area contributed by atoms with E-state index in [4.69, 9.17) is 40.2 Å². The van der Waals surface area contributed by atoms with Gasteiger partial charge < -0.3 is 25.2 Å². The molecule has 1 aromatic heterocycles. The molecule has 1 fully saturated rings. The Morgan fingerprint density at radius 3 is 2.62 bits per heavy atom. The van der Waals surface area contributed by atoms with Crippen molar-refractivity contribution in [1.29, 1.82) is 0 Å². The lowest BCUT2D eigenvalue weighted by atomic mass is 9.86. The number of pyridine rings is 1. The van der Waals surface area contributed by atoms with E-state index in [0.29, 0.717) is 20.8 Å². The maximum absolute atomic E-state index is 12.1. The van der Waals surface area contributed by atoms with Crippen LogP contribution < -0.4 is 20.4 Å². The molecule has 0 spiro atoms. The summed E-state index contributed by atoms with van der Waals surface area (Å²) < 4.78 is 4.91. The number of thiocarbonyl (C=S) groups is 1. The summed E-state index contributed by atoms with van der Waals surface area (Å²) in [5, 5.41) is 7.78. The molecule has 0 bridgehead atoms. The van der Waals surface area contributed by atoms with Gasteiger partial charge in [0, 0.05) is 42.3 Å². The highest BCUT2D eigenvalue weighted by molar-refractivity contribution is 7.80. The van der Waals surface area contributed by atoms with Crippen molar-refractivity contribution in [1.82, 2.24) is 10.3 Å². The normalized spacial score (nSPS) is 19.7. The minimum atomic E-state index is -0.321. The number of hydrogen-bond acceptors (Lipinski definition) is 5. The van der Waals surface area contributed by atoms with Crippen LogP contribution in [-0.2, 0) is 9.53 Å². The Morgan fingerprint density at radius 1 is 1.18 bits per heavy atom. The number of hydrogen-bond donors (Lipinski definition) is 2. The van der Waals surface area contributed by atoms with Gasteiger partial charge in [-0.25, -0.2) is 0 Å². The molecule has 10 heteroatoms. The molecule has 2 N–H and O–H groups in total. The Bertz CT molecular complexity index is 1510. The van der Waals surface area contributed by atoms with Gasteiger partial charge in [-0.05, 0) is 86.6 Å². The number of likely N-dealkylation sites (N-methyl/N-ethyl adjacent to an activating group) is 1. The number of allylic oxidation sites excluding steroid dienone is 1. The van der Waals surface area contributed by atoms with Crippen LogP contribution in [0.5, 0.6) is 0 Å². The number of carbonyl (C=O) groups excluding carboxylic acids is 1. The van der Waals surface area contributed by atoms with Crippen LogP contribution in [0.25, 0.3) is 5.57 Å². The molecule has 2 atom stereocenters. The van der Waals surface area contributed by atoms with E-state index in [1.165, 1.54) is 12.7 Å². The lowest BCUT2D eigenvalue weighted by Gasteiger charge is -2.41. The molecule has 0 unspecified atom stereocenters. The van der Waals surface area contributed by atoms with E-state index in [-0.39, 0.29) is 30.1 Å². The molecule has 2 aliphatic rings. The van der Waals surface area contributed by atoms with Crippen molar-refractivity contribution in [3.05, 3.63) is 87.7 Å². The second-order valence-electron chi connectivity index (χ2n) is 10.6. The Labute approximate surface area is 250 Å². The standard InChI is InChI=1S/C30H31Cl2N5O2S/c1-17-15-30(2,3)36(4)25-14-21(31)20(13-19(17)25)28-27(24-8-6-7-11-33-24)35-29(40)37(28)18-9-10-23(22(32)12-18)34-26(38)16-39-5/h6-15,27-28H,16H2,1-5H3,(H,34,38)(H,35,40)/t27-,28-/m0/s1. The Hall–Kier alpha value is -3.17. The van der Waals surface area contributed by atoms with Crippen LogP contribution in [0.2, 0.25) is 10.0 Å². The highest BCUT2D eigenvalue weighted by atomic mass is 35.5. The first-order valence-electron chi connectivity index (χ1n) is 12.9. The fraction of sp³-hybridized carbons (Fsp3) is 0.300. The van der Waals surface area contributed by atoms with E-state index in [9.17, 15) is 4.79 Å². The van der Waals surface area contributed by atoms with Gasteiger partial charge in [-0.15, -0.1) is 0 Å². The van der Waals surface area contributed by atoms with Crippen molar-refractivity contribution in [3.63, 3.8) is 0 Å². The van der Waals surface area contributed by atoms with Gasteiger partial charge in [0.2, 0.25) is 5.91 Å². The number of anilines is 3. The van der Waals surface area contributed by atoms with Gasteiger partial charge in [0.05, 0.1) is 34.0 Å². The molecule has 40 heavy (non-hydrogen) atoms. The van der Waals surface area contributed by atoms with E-state index in [0.717, 1.165) is 28.2 Å². The third-order valence-electron chi connectivity index (χ3n) is 7.53. The summed E-state index contributed by atoms with van der Waals surface area (Å²) in [4.78, 5) is 21.0. The maximum Gasteiger partial charge on any atom is 0.250 e. The first-order chi connectivity index (χ1) is 19.0. The average Bonchev–Trinajstić information content (AvgIpc) is 3.25. The summed E-state index contributed by atoms with van der Waals surface area (Å²) in [7, 11) is 3.55. The zero-order valence-electron chi connectivity index (χ0n) is 23.0. The molecule has 3 aromatic rings. The molecular weight excluding hydrogens is 565 g/mol. The number of amides is 1. The first-order valence-corrected chi connectivity index (χ1v) is 14.0. The molecule has 0 radical (unpaired) electrons. The second-order valence-corrected chi connectivity index (χ2v) is 11.8. The SMILES string of the molecule is COCC(=O)Nc1ccc(N2C(=S)N[C@@H](c3ccccn3)[C@@H]2c2cc3c(cc2Cl)N(C)C(C)(C)C=C3C)cc1Cl. The molecule has 208 valence electrons. The van der Waals surface area contributed by atoms with Crippen molar-refractivity contribution in [2.24, 2.45) is 0 Å². The summed E-state index contributed by atoms with van der Waals surface area (Å²) in [6.45, 7) is 6.44. The van der Waals surface area contributed by atoms with Crippen LogP contribution in [0.15, 0.2) is 60.8 Å². The molecule has 3 heterocycles. The number of nitrogens with one attached hydrogen (secondary N) is 2. The van der Waals surface area contributed by atoms with Crippen molar-refractivity contribution in [2.45, 2.75) is 38.4 Å². The van der Waals surface area contributed by atoms with E-state index >= 15 is 0 Å². The van der Waals surface area contributed by atoms with Crippen LogP contribution >= 0.6 is 35.4 Å². The van der Waals surface area contributed by atoms with Crippen LogP contribution in [0, 0.1) is 0 Å². The zero-order chi connectivity index (χ0) is 28.8. The largest absolute Gasteiger partial charge is 0.375 e. The molecule has 1 amide bonds. The van der Waals surface area contributed by atoms with E-state index in [1.54, 1.807) is 18.3 Å². The van der Waals surface area contributed by atoms with Crippen molar-refractivity contribution in [2.75, 3.05) is 35.9 Å². The number of aromatic nitrogens is 1. The van der Waals surface area contributed by atoms with E-state index in [1.807, 2.05) is 35.2 Å². The van der Waals surface area contributed by atoms with Gasteiger partial charge in [-0.1, -0.05) is 35.3 Å². The van der Waals surface area contributed by atoms with Crippen LogP contribution in [0.1, 0.15) is 49.7 Å². The predicted octanol–water partition coefficient (Wildman–Crippen LogP) is 6.78. The van der Waals surface area contributed by atoms with Gasteiger partial charge in [0.25, 0.3) is 0 Å². The van der Waals surface area contributed by atoms with Crippen molar-refractivity contribution < 1.29 is 9.53 Å². The topological polar surface area (TPSA) is 69.7 Å². The van der Waals surface area contributed by atoms with Crippen molar-refractivity contribution in [3.8, 4) is 0 Å². The fourth-order valence-corrected chi connectivity index (χ4v) is 6.27. The lowest BCUT2D eigenvalue weighted by Crippen LogP contribution is -2.42. The smallest absolute Gasteiger partial charge is 0.250 e. The Morgan fingerprint density at radius 2 is 1.95 bits per heavy atom. The Kier molecular flexibility index (Phi) is 7.81. The van der Waals surface area contributed by atoms with Gasteiger partial charge >= 0.3 is 0 Å². The summed E-state index contributed by atoms with van der Waals surface area (Å²) in [6, 6.07) is 14.9. The highest BCUT2D eigenvalue weighted by Crippen LogP contribution is 2.48. The molecule has 2 aromatic carbocycles. The predicted molar refractivity (Wildman–Crippen MR) is 167 cm³/mol. The van der Waals surface area contributed by atoms with Gasteiger partial charge in [-0.3, -0.25) is 9.78 Å². The number of rotatable bonds is 6. The summed E-state index contributed by atoms with van der Waals surface area (Å²) in [5.74, 6) is -0.291. The van der Waals surface area contributed by atoms with Gasteiger partial charge in [0.1, 0.15) is 6.61 Å². The second kappa shape index (κ2) is 11.0. The number of fused-ring (bicyclic) bond motifs is 1. The van der Waals surface area contributed by atoms with E-state index in [2.05, 4.69) is 60.5 Å². The van der Waals surface area contributed by atoms with Crippen molar-refractivity contribution >= 4 is 69.1 Å². The highest BCUT2D eigenvalue weighted by Gasteiger charge is 2.42. The fourth-order valence-electron chi connectivity index (χ4n) is 5.44. The Balaban J connectivity index is 1.63. The third-order valence-corrected chi connectivity index (χ3v) is 8.49. The quantitative estimate of drug-likeness (QED) is 0.304. The third kappa shape index (κ3) is 5.17.